The Balaban J connectivity index is 3.06. The molecule has 0 radical (unpaired) electrons. The minimum absolute atomic E-state index is 0.107. The third kappa shape index (κ3) is 1.67. The normalized spacial score (nSPS) is 11.5. The van der Waals surface area contributed by atoms with E-state index < -0.39 is 0 Å². The number of nitrogens with two attached hydrogens (primary N) is 1. The zero-order valence-electron chi connectivity index (χ0n) is 6.15. The molecule has 0 aliphatic rings. The Hall–Kier alpha value is -1.58. The molecule has 0 aliphatic carbocycles. The van der Waals surface area contributed by atoms with Gasteiger partial charge in [0, 0.05) is 17.5 Å². The van der Waals surface area contributed by atoms with Crippen molar-refractivity contribution in [3.8, 4) is 0 Å². The number of aromatic nitrogens is 1. The molecule has 58 valence electrons. The zero-order chi connectivity index (χ0) is 8.27. The van der Waals surface area contributed by atoms with Crippen molar-refractivity contribution < 1.29 is 5.21 Å². The lowest BCUT2D eigenvalue weighted by atomic mass is 10.2. The van der Waals surface area contributed by atoms with Crippen molar-refractivity contribution in [2.75, 3.05) is 0 Å². The van der Waals surface area contributed by atoms with E-state index in [2.05, 4.69) is 10.1 Å². The molecule has 4 heteroatoms. The second-order valence-electron chi connectivity index (χ2n) is 2.17. The van der Waals surface area contributed by atoms with Gasteiger partial charge in [-0.3, -0.25) is 4.98 Å². The van der Waals surface area contributed by atoms with E-state index in [0.717, 1.165) is 5.69 Å². The number of pyridine rings is 1. The summed E-state index contributed by atoms with van der Waals surface area (Å²) in [5.74, 6) is 0.107. The van der Waals surface area contributed by atoms with Crippen molar-refractivity contribution in [1.29, 1.82) is 0 Å². The summed E-state index contributed by atoms with van der Waals surface area (Å²) in [6, 6.07) is 3.43. The van der Waals surface area contributed by atoms with Gasteiger partial charge in [-0.05, 0) is 19.1 Å². The highest BCUT2D eigenvalue weighted by Crippen LogP contribution is 1.99. The fraction of sp³-hybridized carbons (Fsp3) is 0.143. The molecule has 3 N–H and O–H groups in total. The number of rotatable bonds is 1. The van der Waals surface area contributed by atoms with Gasteiger partial charge < -0.3 is 10.9 Å². The maximum atomic E-state index is 8.32. The molecule has 1 aromatic heterocycles. The number of amidine groups is 1. The first-order valence-corrected chi connectivity index (χ1v) is 3.14. The Morgan fingerprint density at radius 1 is 1.73 bits per heavy atom. The van der Waals surface area contributed by atoms with Gasteiger partial charge in [-0.1, -0.05) is 5.16 Å². The zero-order valence-corrected chi connectivity index (χ0v) is 6.15. The quantitative estimate of drug-likeness (QED) is 0.265. The summed E-state index contributed by atoms with van der Waals surface area (Å²) in [6.45, 7) is 1.84. The third-order valence-electron chi connectivity index (χ3n) is 1.30. The largest absolute Gasteiger partial charge is 0.409 e. The first-order valence-electron chi connectivity index (χ1n) is 3.14. The predicted molar refractivity (Wildman–Crippen MR) is 41.5 cm³/mol. The average molecular weight is 151 g/mol. The Morgan fingerprint density at radius 2 is 2.45 bits per heavy atom. The van der Waals surface area contributed by atoms with Crippen LogP contribution in [0.5, 0.6) is 0 Å². The number of nitrogens with zero attached hydrogens (tertiary/aromatic N) is 2. The molecule has 1 aromatic rings. The van der Waals surface area contributed by atoms with Crippen LogP contribution in [-0.2, 0) is 0 Å². The Kier molecular flexibility index (Phi) is 2.06. The lowest BCUT2D eigenvalue weighted by molar-refractivity contribution is 0.318. The van der Waals surface area contributed by atoms with Crippen LogP contribution in [0.3, 0.4) is 0 Å². The highest BCUT2D eigenvalue weighted by molar-refractivity contribution is 5.96. The van der Waals surface area contributed by atoms with Crippen LogP contribution in [0.2, 0.25) is 0 Å². The van der Waals surface area contributed by atoms with Gasteiger partial charge in [0.25, 0.3) is 0 Å². The van der Waals surface area contributed by atoms with Crippen LogP contribution < -0.4 is 5.73 Å². The predicted octanol–water partition coefficient (Wildman–Crippen LogP) is 0.485. The molecule has 0 bridgehead atoms. The molecule has 0 unspecified atom stereocenters. The molecule has 0 amide bonds. The van der Waals surface area contributed by atoms with Crippen LogP contribution in [0.4, 0.5) is 0 Å². The van der Waals surface area contributed by atoms with E-state index in [1.165, 1.54) is 0 Å². The van der Waals surface area contributed by atoms with Crippen LogP contribution in [0.1, 0.15) is 11.3 Å². The molecule has 0 aromatic carbocycles. The van der Waals surface area contributed by atoms with E-state index in [4.69, 9.17) is 10.9 Å². The van der Waals surface area contributed by atoms with Gasteiger partial charge in [-0.25, -0.2) is 0 Å². The molecule has 0 atom stereocenters. The summed E-state index contributed by atoms with van der Waals surface area (Å²) >= 11 is 0. The molecular weight excluding hydrogens is 142 g/mol. The molecule has 11 heavy (non-hydrogen) atoms. The highest BCUT2D eigenvalue weighted by Gasteiger charge is 1.97. The highest BCUT2D eigenvalue weighted by atomic mass is 16.4. The lowest BCUT2D eigenvalue weighted by Gasteiger charge is -1.97. The van der Waals surface area contributed by atoms with Gasteiger partial charge in [0.2, 0.25) is 0 Å². The summed E-state index contributed by atoms with van der Waals surface area (Å²) in [5.41, 5.74) is 6.86. The van der Waals surface area contributed by atoms with Crippen molar-refractivity contribution in [3.05, 3.63) is 29.6 Å². The number of oxime groups is 1. The maximum absolute atomic E-state index is 8.32. The topological polar surface area (TPSA) is 71.5 Å². The Labute approximate surface area is 64.4 Å². The van der Waals surface area contributed by atoms with Crippen molar-refractivity contribution in [1.82, 2.24) is 4.98 Å². The second-order valence-corrected chi connectivity index (χ2v) is 2.17. The lowest BCUT2D eigenvalue weighted by Crippen LogP contribution is -2.13. The van der Waals surface area contributed by atoms with Crippen LogP contribution >= 0.6 is 0 Å². The molecular formula is C7H9N3O. The smallest absolute Gasteiger partial charge is 0.170 e. The van der Waals surface area contributed by atoms with E-state index in [9.17, 15) is 0 Å². The van der Waals surface area contributed by atoms with Gasteiger partial charge in [0.05, 0.1) is 0 Å². The van der Waals surface area contributed by atoms with E-state index in [0.29, 0.717) is 5.56 Å². The first-order chi connectivity index (χ1) is 5.24. The fourth-order valence-electron chi connectivity index (χ4n) is 0.763. The summed E-state index contributed by atoms with van der Waals surface area (Å²) < 4.78 is 0. The van der Waals surface area contributed by atoms with Crippen LogP contribution in [-0.4, -0.2) is 16.0 Å². The fourth-order valence-corrected chi connectivity index (χ4v) is 0.763. The summed E-state index contributed by atoms with van der Waals surface area (Å²) in [4.78, 5) is 3.96. The van der Waals surface area contributed by atoms with E-state index in [1.54, 1.807) is 18.3 Å². The van der Waals surface area contributed by atoms with Crippen molar-refractivity contribution in [3.63, 3.8) is 0 Å². The van der Waals surface area contributed by atoms with Crippen LogP contribution in [0, 0.1) is 6.92 Å². The molecule has 0 saturated carbocycles. The van der Waals surface area contributed by atoms with Gasteiger partial charge in [0.1, 0.15) is 0 Å². The minimum Gasteiger partial charge on any atom is -0.409 e. The molecule has 0 saturated heterocycles. The van der Waals surface area contributed by atoms with Crippen molar-refractivity contribution in [2.24, 2.45) is 10.9 Å². The molecule has 0 aliphatic heterocycles. The van der Waals surface area contributed by atoms with E-state index in [1.807, 2.05) is 6.92 Å². The van der Waals surface area contributed by atoms with Gasteiger partial charge in [0.15, 0.2) is 5.84 Å². The van der Waals surface area contributed by atoms with Crippen molar-refractivity contribution in [2.45, 2.75) is 6.92 Å². The standard InChI is InChI=1S/C7H9N3O/c1-5-4-6(2-3-9-5)7(8)10-11/h2-4,11H,1H3,(H2,8,10). The van der Waals surface area contributed by atoms with Gasteiger partial charge in [-0.15, -0.1) is 0 Å². The minimum atomic E-state index is 0.107. The molecule has 4 nitrogen and oxygen atoms in total. The van der Waals surface area contributed by atoms with Crippen molar-refractivity contribution >= 4 is 5.84 Å². The molecule has 1 heterocycles. The summed E-state index contributed by atoms with van der Waals surface area (Å²) in [5, 5.41) is 11.2. The number of aryl methyl sites for hydroxylation is 1. The molecule has 0 fully saturated rings. The molecule has 1 rings (SSSR count). The second kappa shape index (κ2) is 3.01. The van der Waals surface area contributed by atoms with Gasteiger partial charge in [-0.2, -0.15) is 0 Å². The summed E-state index contributed by atoms with van der Waals surface area (Å²) in [6.07, 6.45) is 1.61. The Morgan fingerprint density at radius 3 is 3.00 bits per heavy atom. The van der Waals surface area contributed by atoms with Crippen LogP contribution in [0.25, 0.3) is 0 Å². The maximum Gasteiger partial charge on any atom is 0.170 e. The van der Waals surface area contributed by atoms with Crippen LogP contribution in [0.15, 0.2) is 23.5 Å². The van der Waals surface area contributed by atoms with E-state index in [-0.39, 0.29) is 5.84 Å². The first kappa shape index (κ1) is 7.53. The van der Waals surface area contributed by atoms with Gasteiger partial charge >= 0.3 is 0 Å². The third-order valence-corrected chi connectivity index (χ3v) is 1.30. The number of hydrogen-bond donors (Lipinski definition) is 2. The SMILES string of the molecule is Cc1cc(C(N)=NO)ccn1. The van der Waals surface area contributed by atoms with E-state index >= 15 is 0 Å². The molecule has 0 spiro atoms. The number of hydrogen-bond acceptors (Lipinski definition) is 3. The average Bonchev–Trinajstić information content (AvgIpc) is 2.03. The monoisotopic (exact) mass is 151 g/mol. The summed E-state index contributed by atoms with van der Waals surface area (Å²) in [7, 11) is 0. The Bertz CT molecular complexity index is 283.